The van der Waals surface area contributed by atoms with E-state index in [9.17, 15) is 4.79 Å². The van der Waals surface area contributed by atoms with Crippen LogP contribution in [0.1, 0.15) is 58.3 Å². The second kappa shape index (κ2) is 13.8. The number of aliphatic carboxylic acids is 1. The van der Waals surface area contributed by atoms with Crippen LogP contribution in [-0.4, -0.2) is 11.1 Å². The SMILES string of the molecule is CC/C=C\C/C=C\CCC/C=C/CCCC(=O)O. The van der Waals surface area contributed by atoms with Crippen LogP contribution in [0.4, 0.5) is 0 Å². The van der Waals surface area contributed by atoms with Gasteiger partial charge in [0.1, 0.15) is 0 Å². The lowest BCUT2D eigenvalue weighted by Gasteiger charge is -1.92. The van der Waals surface area contributed by atoms with Crippen LogP contribution >= 0.6 is 0 Å². The summed E-state index contributed by atoms with van der Waals surface area (Å²) in [5, 5.41) is 8.45. The first-order valence-corrected chi connectivity index (χ1v) is 6.94. The summed E-state index contributed by atoms with van der Waals surface area (Å²) in [4.78, 5) is 10.3. The molecule has 0 rings (SSSR count). The quantitative estimate of drug-likeness (QED) is 0.419. The fourth-order valence-corrected chi connectivity index (χ4v) is 1.52. The van der Waals surface area contributed by atoms with E-state index in [0.717, 1.165) is 38.5 Å². The Morgan fingerprint density at radius 1 is 0.889 bits per heavy atom. The Bertz CT molecular complexity index is 275. The van der Waals surface area contributed by atoms with Crippen molar-refractivity contribution in [1.82, 2.24) is 0 Å². The number of rotatable bonds is 11. The van der Waals surface area contributed by atoms with E-state index in [1.165, 1.54) is 6.42 Å². The van der Waals surface area contributed by atoms with Crippen molar-refractivity contribution in [3.63, 3.8) is 0 Å². The molecule has 0 aliphatic heterocycles. The number of carboxylic acid groups (broad SMARTS) is 1. The van der Waals surface area contributed by atoms with Crippen molar-refractivity contribution >= 4 is 5.97 Å². The molecule has 0 bridgehead atoms. The van der Waals surface area contributed by atoms with Crippen LogP contribution < -0.4 is 0 Å². The van der Waals surface area contributed by atoms with E-state index >= 15 is 0 Å². The molecular formula is C16H26O2. The summed E-state index contributed by atoms with van der Waals surface area (Å²) in [5.41, 5.74) is 0. The summed E-state index contributed by atoms with van der Waals surface area (Å²) >= 11 is 0. The van der Waals surface area contributed by atoms with Crippen LogP contribution in [0.15, 0.2) is 36.5 Å². The predicted molar refractivity (Wildman–Crippen MR) is 77.7 cm³/mol. The lowest BCUT2D eigenvalue weighted by molar-refractivity contribution is -0.137. The van der Waals surface area contributed by atoms with Gasteiger partial charge in [-0.15, -0.1) is 0 Å². The Morgan fingerprint density at radius 2 is 1.44 bits per heavy atom. The molecule has 0 aromatic carbocycles. The Balaban J connectivity index is 3.26. The van der Waals surface area contributed by atoms with Gasteiger partial charge in [0.05, 0.1) is 0 Å². The van der Waals surface area contributed by atoms with Crippen LogP contribution in [0.2, 0.25) is 0 Å². The van der Waals surface area contributed by atoms with Gasteiger partial charge in [-0.2, -0.15) is 0 Å². The molecule has 0 unspecified atom stereocenters. The number of unbranched alkanes of at least 4 members (excludes halogenated alkanes) is 3. The van der Waals surface area contributed by atoms with E-state index in [4.69, 9.17) is 5.11 Å². The van der Waals surface area contributed by atoms with Gasteiger partial charge in [-0.3, -0.25) is 4.79 Å². The first-order chi connectivity index (χ1) is 8.77. The second-order valence-electron chi connectivity index (χ2n) is 4.28. The molecule has 0 fully saturated rings. The zero-order valence-electron chi connectivity index (χ0n) is 11.5. The molecule has 2 nitrogen and oxygen atoms in total. The maximum atomic E-state index is 10.3. The third-order valence-corrected chi connectivity index (χ3v) is 2.51. The van der Waals surface area contributed by atoms with Gasteiger partial charge in [0, 0.05) is 6.42 Å². The van der Waals surface area contributed by atoms with Crippen molar-refractivity contribution in [3.05, 3.63) is 36.5 Å². The summed E-state index contributed by atoms with van der Waals surface area (Å²) in [6.07, 6.45) is 20.5. The van der Waals surface area contributed by atoms with Gasteiger partial charge >= 0.3 is 5.97 Å². The van der Waals surface area contributed by atoms with Gasteiger partial charge in [-0.1, -0.05) is 43.4 Å². The first kappa shape index (κ1) is 16.7. The summed E-state index contributed by atoms with van der Waals surface area (Å²) in [6.45, 7) is 2.14. The van der Waals surface area contributed by atoms with Crippen molar-refractivity contribution in [1.29, 1.82) is 0 Å². The lowest BCUT2D eigenvalue weighted by Crippen LogP contribution is -1.92. The van der Waals surface area contributed by atoms with E-state index in [1.807, 2.05) is 0 Å². The monoisotopic (exact) mass is 250 g/mol. The van der Waals surface area contributed by atoms with Crippen molar-refractivity contribution < 1.29 is 9.90 Å². The van der Waals surface area contributed by atoms with Gasteiger partial charge in [0.15, 0.2) is 0 Å². The zero-order valence-corrected chi connectivity index (χ0v) is 11.5. The fourth-order valence-electron chi connectivity index (χ4n) is 1.52. The minimum absolute atomic E-state index is 0.276. The highest BCUT2D eigenvalue weighted by molar-refractivity contribution is 5.66. The average molecular weight is 250 g/mol. The molecule has 0 amide bonds. The van der Waals surface area contributed by atoms with Crippen molar-refractivity contribution in [2.75, 3.05) is 0 Å². The molecule has 102 valence electrons. The molecule has 0 aromatic rings. The third-order valence-electron chi connectivity index (χ3n) is 2.51. The normalized spacial score (nSPS) is 12.1. The largest absolute Gasteiger partial charge is 0.481 e. The van der Waals surface area contributed by atoms with Crippen LogP contribution in [0, 0.1) is 0 Å². The number of hydrogen-bond acceptors (Lipinski definition) is 1. The van der Waals surface area contributed by atoms with Gasteiger partial charge in [0.25, 0.3) is 0 Å². The van der Waals surface area contributed by atoms with E-state index in [2.05, 4.69) is 43.4 Å². The summed E-state index contributed by atoms with van der Waals surface area (Å²) in [7, 11) is 0. The van der Waals surface area contributed by atoms with Gasteiger partial charge in [0.2, 0.25) is 0 Å². The van der Waals surface area contributed by atoms with Crippen LogP contribution in [0.3, 0.4) is 0 Å². The Kier molecular flexibility index (Phi) is 12.8. The maximum absolute atomic E-state index is 10.3. The second-order valence-corrected chi connectivity index (χ2v) is 4.28. The van der Waals surface area contributed by atoms with Crippen molar-refractivity contribution in [2.24, 2.45) is 0 Å². The van der Waals surface area contributed by atoms with Crippen LogP contribution in [0.5, 0.6) is 0 Å². The standard InChI is InChI=1S/C16H26O2/c1-2-3-4-5-6-7-8-9-10-11-12-13-14-15-16(17)18/h3-4,6-7,11-12H,2,5,8-10,13-15H2,1H3,(H,17,18)/b4-3-,7-6-,12-11+. The van der Waals surface area contributed by atoms with Crippen molar-refractivity contribution in [2.45, 2.75) is 58.3 Å². The Morgan fingerprint density at radius 3 is 2.06 bits per heavy atom. The molecular weight excluding hydrogens is 224 g/mol. The number of carbonyl (C=O) groups is 1. The summed E-state index contributed by atoms with van der Waals surface area (Å²) in [5.74, 6) is -0.703. The van der Waals surface area contributed by atoms with E-state index in [1.54, 1.807) is 0 Å². The number of hydrogen-bond donors (Lipinski definition) is 1. The average Bonchev–Trinajstić information content (AvgIpc) is 2.34. The molecule has 0 atom stereocenters. The molecule has 0 spiro atoms. The molecule has 0 saturated heterocycles. The number of allylic oxidation sites excluding steroid dienone is 6. The molecule has 0 radical (unpaired) electrons. The summed E-state index contributed by atoms with van der Waals surface area (Å²) in [6, 6.07) is 0. The smallest absolute Gasteiger partial charge is 0.303 e. The highest BCUT2D eigenvalue weighted by Gasteiger charge is 1.92. The number of carboxylic acids is 1. The molecule has 0 aromatic heterocycles. The van der Waals surface area contributed by atoms with E-state index in [-0.39, 0.29) is 6.42 Å². The van der Waals surface area contributed by atoms with Crippen molar-refractivity contribution in [3.8, 4) is 0 Å². The predicted octanol–water partition coefficient (Wildman–Crippen LogP) is 4.88. The first-order valence-electron chi connectivity index (χ1n) is 6.94. The molecule has 1 N–H and O–H groups in total. The third kappa shape index (κ3) is 14.7. The molecule has 18 heavy (non-hydrogen) atoms. The van der Waals surface area contributed by atoms with E-state index in [0.29, 0.717) is 0 Å². The highest BCUT2D eigenvalue weighted by Crippen LogP contribution is 2.02. The van der Waals surface area contributed by atoms with E-state index < -0.39 is 5.97 Å². The molecule has 0 heterocycles. The van der Waals surface area contributed by atoms with Crippen LogP contribution in [0.25, 0.3) is 0 Å². The fraction of sp³-hybridized carbons (Fsp3) is 0.562. The van der Waals surface area contributed by atoms with Gasteiger partial charge in [-0.25, -0.2) is 0 Å². The maximum Gasteiger partial charge on any atom is 0.303 e. The topological polar surface area (TPSA) is 37.3 Å². The molecule has 2 heteroatoms. The highest BCUT2D eigenvalue weighted by atomic mass is 16.4. The minimum atomic E-state index is -0.703. The van der Waals surface area contributed by atoms with Gasteiger partial charge < -0.3 is 5.11 Å². The molecule has 0 saturated carbocycles. The summed E-state index contributed by atoms with van der Waals surface area (Å²) < 4.78 is 0. The lowest BCUT2D eigenvalue weighted by atomic mass is 10.2. The van der Waals surface area contributed by atoms with Crippen LogP contribution in [-0.2, 0) is 4.79 Å². The minimum Gasteiger partial charge on any atom is -0.481 e. The Hall–Kier alpha value is -1.31. The molecule has 0 aliphatic carbocycles. The zero-order chi connectivity index (χ0) is 13.5. The van der Waals surface area contributed by atoms with Gasteiger partial charge in [-0.05, 0) is 44.9 Å². The molecule has 0 aliphatic rings. The Labute approximate surface area is 111 Å².